The van der Waals surface area contributed by atoms with Gasteiger partial charge in [0, 0.05) is 32.7 Å². The molecule has 2 amide bonds. The van der Waals surface area contributed by atoms with E-state index in [-0.39, 0.29) is 57.8 Å². The lowest BCUT2D eigenvalue weighted by Gasteiger charge is -2.42. The number of ether oxygens (including phenoxy) is 1. The number of nitrogens with one attached hydrogen (secondary N) is 1. The minimum absolute atomic E-state index is 0.0114. The van der Waals surface area contributed by atoms with Crippen molar-refractivity contribution in [3.63, 3.8) is 0 Å². The lowest BCUT2D eigenvalue weighted by Crippen LogP contribution is -2.60. The Bertz CT molecular complexity index is 1180. The normalized spacial score (nSPS) is 24.8. The molecule has 0 aliphatic carbocycles. The monoisotopic (exact) mass is 557 g/mol. The zero-order valence-corrected chi connectivity index (χ0v) is 21.7. The van der Waals surface area contributed by atoms with Gasteiger partial charge < -0.3 is 15.0 Å². The molecule has 0 saturated carbocycles. The quantitative estimate of drug-likeness (QED) is 0.566. The van der Waals surface area contributed by atoms with Crippen LogP contribution in [-0.2, 0) is 30.7 Å². The van der Waals surface area contributed by atoms with Gasteiger partial charge in [-0.3, -0.25) is 9.59 Å². The number of benzene rings is 1. The molecule has 3 saturated heterocycles. The Balaban J connectivity index is 1.40. The smallest absolute Gasteiger partial charge is 0.377 e. The fraction of sp³-hybridized carbons (Fsp3) is 0.625. The topological polar surface area (TPSA) is 123 Å². The molecule has 0 aromatic heterocycles. The van der Waals surface area contributed by atoms with Crippen molar-refractivity contribution in [2.24, 2.45) is 11.8 Å². The zero-order valence-electron chi connectivity index (χ0n) is 20.9. The number of nitriles is 1. The average molecular weight is 558 g/mol. The summed E-state index contributed by atoms with van der Waals surface area (Å²) in [4.78, 5) is 28.0. The van der Waals surface area contributed by atoms with Crippen LogP contribution < -0.4 is 5.32 Å². The second-order valence-electron chi connectivity index (χ2n) is 9.82. The van der Waals surface area contributed by atoms with Crippen molar-refractivity contribution in [1.82, 2.24) is 18.8 Å². The molecule has 1 aromatic rings. The highest BCUT2D eigenvalue weighted by atomic mass is 32.2. The van der Waals surface area contributed by atoms with E-state index in [9.17, 15) is 31.2 Å². The van der Waals surface area contributed by atoms with Crippen LogP contribution in [0.15, 0.2) is 24.3 Å². The second kappa shape index (κ2) is 11.2. The molecule has 3 atom stereocenters. The average Bonchev–Trinajstić information content (AvgIpc) is 2.87. The summed E-state index contributed by atoms with van der Waals surface area (Å²) in [5, 5.41) is 11.7. The van der Waals surface area contributed by atoms with Gasteiger partial charge in [0.2, 0.25) is 11.8 Å². The van der Waals surface area contributed by atoms with Gasteiger partial charge in [-0.05, 0) is 37.5 Å². The fourth-order valence-electron chi connectivity index (χ4n) is 4.90. The van der Waals surface area contributed by atoms with Crippen molar-refractivity contribution >= 4 is 22.0 Å². The van der Waals surface area contributed by atoms with Gasteiger partial charge >= 0.3 is 6.18 Å². The van der Waals surface area contributed by atoms with Crippen molar-refractivity contribution in [2.45, 2.75) is 38.0 Å². The van der Waals surface area contributed by atoms with Crippen molar-refractivity contribution in [3.8, 4) is 6.07 Å². The zero-order chi connectivity index (χ0) is 27.7. The first-order valence-corrected chi connectivity index (χ1v) is 13.8. The van der Waals surface area contributed by atoms with Crippen LogP contribution in [0.1, 0.15) is 36.9 Å². The first kappa shape index (κ1) is 28.3. The fourth-order valence-corrected chi connectivity index (χ4v) is 6.69. The van der Waals surface area contributed by atoms with Gasteiger partial charge in [0.1, 0.15) is 6.04 Å². The summed E-state index contributed by atoms with van der Waals surface area (Å²) in [6, 6.07) is 4.95. The van der Waals surface area contributed by atoms with Crippen LogP contribution in [0.25, 0.3) is 0 Å². The Morgan fingerprint density at radius 3 is 2.45 bits per heavy atom. The van der Waals surface area contributed by atoms with Gasteiger partial charge in [-0.15, -0.1) is 0 Å². The largest absolute Gasteiger partial charge is 0.416 e. The van der Waals surface area contributed by atoms with Crippen LogP contribution in [-0.4, -0.2) is 85.7 Å². The van der Waals surface area contributed by atoms with Gasteiger partial charge in [0.05, 0.1) is 42.7 Å². The van der Waals surface area contributed by atoms with Crippen LogP contribution in [0.5, 0.6) is 0 Å². The summed E-state index contributed by atoms with van der Waals surface area (Å²) in [6.07, 6.45) is -3.51. The molecule has 1 unspecified atom stereocenters. The van der Waals surface area contributed by atoms with Crippen molar-refractivity contribution in [2.75, 3.05) is 45.9 Å². The number of carbonyl (C=O) groups is 2. The highest BCUT2D eigenvalue weighted by Crippen LogP contribution is 2.30. The SMILES string of the molecule is CC(NC(=O)[C@H]1COCCN1C(=O)[C@H]1CCCN(S(=O)(=O)N2CC(C#N)C2)C1)c1ccc(C(F)(F)F)cc1. The number of carbonyl (C=O) groups excluding carboxylic acids is 2. The molecule has 1 aromatic carbocycles. The molecule has 3 heterocycles. The third kappa shape index (κ3) is 5.96. The minimum Gasteiger partial charge on any atom is -0.377 e. The van der Waals surface area contributed by atoms with Crippen LogP contribution >= 0.6 is 0 Å². The number of hydrogen-bond acceptors (Lipinski definition) is 6. The van der Waals surface area contributed by atoms with E-state index in [1.54, 1.807) is 6.92 Å². The number of rotatable bonds is 6. The van der Waals surface area contributed by atoms with Crippen LogP contribution in [0, 0.1) is 23.2 Å². The molecule has 0 spiro atoms. The molecule has 0 radical (unpaired) electrons. The number of alkyl halides is 3. The van der Waals surface area contributed by atoms with E-state index in [0.717, 1.165) is 12.1 Å². The molecule has 3 aliphatic heterocycles. The van der Waals surface area contributed by atoms with Crippen molar-refractivity contribution < 1.29 is 35.9 Å². The standard InChI is InChI=1S/C24H30F3N5O5S/c1-16(18-4-6-20(7-5-18)24(25,26)27)29-22(33)21-15-37-10-9-32(21)23(34)19-3-2-8-30(14-19)38(35,36)31-12-17(11-28)13-31/h4-7,16-17,19,21H,2-3,8-10,12-15H2,1H3,(H,29,33)/t16?,19-,21+/m0/s1. The van der Waals surface area contributed by atoms with E-state index < -0.39 is 45.9 Å². The maximum absolute atomic E-state index is 13.5. The molecule has 208 valence electrons. The summed E-state index contributed by atoms with van der Waals surface area (Å²) < 4.78 is 72.4. The molecule has 14 heteroatoms. The summed E-state index contributed by atoms with van der Waals surface area (Å²) in [7, 11) is -3.78. The predicted molar refractivity (Wildman–Crippen MR) is 128 cm³/mol. The van der Waals surface area contributed by atoms with Crippen molar-refractivity contribution in [1.29, 1.82) is 5.26 Å². The first-order valence-electron chi connectivity index (χ1n) is 12.4. The summed E-state index contributed by atoms with van der Waals surface area (Å²) in [5.74, 6) is -1.81. The first-order chi connectivity index (χ1) is 17.9. The number of halogens is 3. The second-order valence-corrected chi connectivity index (χ2v) is 11.7. The summed E-state index contributed by atoms with van der Waals surface area (Å²) in [5.41, 5.74) is -0.321. The maximum Gasteiger partial charge on any atom is 0.416 e. The molecule has 3 aliphatic rings. The molecule has 10 nitrogen and oxygen atoms in total. The number of hydrogen-bond donors (Lipinski definition) is 1. The lowest BCUT2D eigenvalue weighted by molar-refractivity contribution is -0.152. The Morgan fingerprint density at radius 1 is 1.13 bits per heavy atom. The summed E-state index contributed by atoms with van der Waals surface area (Å²) in [6.45, 7) is 2.50. The van der Waals surface area contributed by atoms with Crippen LogP contribution in [0.4, 0.5) is 13.2 Å². The highest BCUT2D eigenvalue weighted by Gasteiger charge is 2.44. The number of nitrogens with zero attached hydrogens (tertiary/aromatic N) is 4. The molecule has 4 rings (SSSR count). The van der Waals surface area contributed by atoms with Gasteiger partial charge in [0.25, 0.3) is 10.2 Å². The predicted octanol–water partition coefficient (Wildman–Crippen LogP) is 1.52. The Hall–Kier alpha value is -2.73. The molecular weight excluding hydrogens is 527 g/mol. The minimum atomic E-state index is -4.46. The van der Waals surface area contributed by atoms with Gasteiger partial charge in [0.15, 0.2) is 0 Å². The Morgan fingerprint density at radius 2 is 1.82 bits per heavy atom. The highest BCUT2D eigenvalue weighted by molar-refractivity contribution is 7.86. The molecule has 0 bridgehead atoms. The van der Waals surface area contributed by atoms with E-state index in [0.29, 0.717) is 18.4 Å². The van der Waals surface area contributed by atoms with Crippen LogP contribution in [0.3, 0.4) is 0 Å². The Kier molecular flexibility index (Phi) is 8.32. The molecule has 3 fully saturated rings. The van der Waals surface area contributed by atoms with Crippen molar-refractivity contribution in [3.05, 3.63) is 35.4 Å². The molecule has 38 heavy (non-hydrogen) atoms. The number of morpholine rings is 1. The molecule has 1 N–H and O–H groups in total. The number of piperidine rings is 1. The summed E-state index contributed by atoms with van der Waals surface area (Å²) >= 11 is 0. The van der Waals surface area contributed by atoms with E-state index in [1.165, 1.54) is 25.6 Å². The third-order valence-corrected chi connectivity index (χ3v) is 9.16. The van der Waals surface area contributed by atoms with Gasteiger partial charge in [-0.2, -0.15) is 35.5 Å². The van der Waals surface area contributed by atoms with Gasteiger partial charge in [-0.25, -0.2) is 0 Å². The van der Waals surface area contributed by atoms with E-state index in [4.69, 9.17) is 10.00 Å². The number of amides is 2. The van der Waals surface area contributed by atoms with Crippen LogP contribution in [0.2, 0.25) is 0 Å². The van der Waals surface area contributed by atoms with E-state index >= 15 is 0 Å². The van der Waals surface area contributed by atoms with E-state index in [1.807, 2.05) is 6.07 Å². The third-order valence-electron chi connectivity index (χ3n) is 7.23. The Labute approximate surface area is 219 Å². The molecular formula is C24H30F3N5O5S. The lowest BCUT2D eigenvalue weighted by atomic mass is 9.97. The van der Waals surface area contributed by atoms with Gasteiger partial charge in [-0.1, -0.05) is 12.1 Å². The van der Waals surface area contributed by atoms with E-state index in [2.05, 4.69) is 5.32 Å². The maximum atomic E-state index is 13.5.